The number of hydrogen-bond acceptors (Lipinski definition) is 3. The van der Waals surface area contributed by atoms with Gasteiger partial charge in [0, 0.05) is 17.8 Å². The summed E-state index contributed by atoms with van der Waals surface area (Å²) in [5.74, 6) is -0.159. The van der Waals surface area contributed by atoms with E-state index in [-0.39, 0.29) is 11.4 Å². The van der Waals surface area contributed by atoms with Crippen molar-refractivity contribution in [3.8, 4) is 5.88 Å². The van der Waals surface area contributed by atoms with E-state index in [2.05, 4.69) is 9.72 Å². The molecule has 0 fully saturated rings. The Morgan fingerprint density at radius 3 is 2.57 bits per heavy atom. The highest BCUT2D eigenvalue weighted by Crippen LogP contribution is 2.16. The summed E-state index contributed by atoms with van der Waals surface area (Å²) in [7, 11) is 0. The molecule has 0 aliphatic carbocycles. The molecule has 0 N–H and O–H groups in total. The highest BCUT2D eigenvalue weighted by Gasteiger charge is 2.28. The minimum Gasteiger partial charge on any atom is -0.468 e. The first-order valence-electron chi connectivity index (χ1n) is 3.62. The molecule has 0 bridgehead atoms. The van der Waals surface area contributed by atoms with Crippen LogP contribution in [-0.4, -0.2) is 24.1 Å². The maximum absolute atomic E-state index is 11.7. The quantitative estimate of drug-likeness (QED) is 0.706. The molecule has 0 spiro atoms. The Hall–Kier alpha value is -1.59. The van der Waals surface area contributed by atoms with Crippen LogP contribution >= 0.6 is 0 Å². The van der Waals surface area contributed by atoms with Crippen molar-refractivity contribution in [2.24, 2.45) is 0 Å². The van der Waals surface area contributed by atoms with E-state index in [1.807, 2.05) is 0 Å². The summed E-state index contributed by atoms with van der Waals surface area (Å²) in [6.45, 7) is -1.39. The van der Waals surface area contributed by atoms with Crippen molar-refractivity contribution in [2.45, 2.75) is 6.18 Å². The van der Waals surface area contributed by atoms with Gasteiger partial charge in [0.05, 0.1) is 0 Å². The molecule has 76 valence electrons. The highest BCUT2D eigenvalue weighted by molar-refractivity contribution is 5.73. The van der Waals surface area contributed by atoms with Gasteiger partial charge < -0.3 is 4.74 Å². The van der Waals surface area contributed by atoms with Crippen LogP contribution in [0.4, 0.5) is 13.2 Å². The summed E-state index contributed by atoms with van der Waals surface area (Å²) < 4.78 is 39.4. The van der Waals surface area contributed by atoms with Gasteiger partial charge in [-0.25, -0.2) is 4.98 Å². The van der Waals surface area contributed by atoms with Crippen LogP contribution in [0.1, 0.15) is 10.4 Å². The van der Waals surface area contributed by atoms with E-state index in [1.165, 1.54) is 12.1 Å². The number of rotatable bonds is 3. The topological polar surface area (TPSA) is 39.2 Å². The van der Waals surface area contributed by atoms with Crippen LogP contribution in [0.2, 0.25) is 0 Å². The van der Waals surface area contributed by atoms with Gasteiger partial charge in [-0.3, -0.25) is 4.79 Å². The van der Waals surface area contributed by atoms with E-state index in [4.69, 9.17) is 0 Å². The molecule has 0 saturated heterocycles. The maximum atomic E-state index is 11.7. The largest absolute Gasteiger partial charge is 0.468 e. The van der Waals surface area contributed by atoms with Gasteiger partial charge in [-0.05, 0) is 6.07 Å². The average Bonchev–Trinajstić information content (AvgIpc) is 2.14. The first-order valence-corrected chi connectivity index (χ1v) is 3.62. The summed E-state index contributed by atoms with van der Waals surface area (Å²) in [6, 6.07) is 2.53. The van der Waals surface area contributed by atoms with Gasteiger partial charge in [0.2, 0.25) is 5.88 Å². The van der Waals surface area contributed by atoms with Gasteiger partial charge in [-0.1, -0.05) is 0 Å². The monoisotopic (exact) mass is 205 g/mol. The van der Waals surface area contributed by atoms with Crippen molar-refractivity contribution in [3.63, 3.8) is 0 Å². The van der Waals surface area contributed by atoms with Crippen LogP contribution < -0.4 is 4.74 Å². The van der Waals surface area contributed by atoms with Gasteiger partial charge >= 0.3 is 6.18 Å². The zero-order valence-electron chi connectivity index (χ0n) is 6.91. The SMILES string of the molecule is O=Cc1ccc(OCC(F)(F)F)nc1. The van der Waals surface area contributed by atoms with Crippen LogP contribution in [0, 0.1) is 0 Å². The zero-order chi connectivity index (χ0) is 10.6. The number of alkyl halides is 3. The van der Waals surface area contributed by atoms with Crippen LogP contribution in [0.5, 0.6) is 5.88 Å². The molecule has 1 heterocycles. The van der Waals surface area contributed by atoms with Crippen molar-refractivity contribution >= 4 is 6.29 Å². The predicted octanol–water partition coefficient (Wildman–Crippen LogP) is 1.84. The lowest BCUT2D eigenvalue weighted by Crippen LogP contribution is -2.19. The van der Waals surface area contributed by atoms with Crippen LogP contribution in [0.15, 0.2) is 18.3 Å². The van der Waals surface area contributed by atoms with Crippen molar-refractivity contribution in [1.82, 2.24) is 4.98 Å². The second-order valence-corrected chi connectivity index (χ2v) is 2.45. The molecule has 0 radical (unpaired) electrons. The van der Waals surface area contributed by atoms with E-state index in [0.29, 0.717) is 6.29 Å². The molecule has 0 unspecified atom stereocenters. The number of ether oxygens (including phenoxy) is 1. The fraction of sp³-hybridized carbons (Fsp3) is 0.250. The number of nitrogens with zero attached hydrogens (tertiary/aromatic N) is 1. The molecule has 0 saturated carbocycles. The minimum absolute atomic E-state index is 0.159. The second-order valence-electron chi connectivity index (χ2n) is 2.45. The summed E-state index contributed by atoms with van der Waals surface area (Å²) in [5.41, 5.74) is 0.282. The Bertz CT molecular complexity index is 307. The van der Waals surface area contributed by atoms with Crippen molar-refractivity contribution in [3.05, 3.63) is 23.9 Å². The first-order chi connectivity index (χ1) is 6.51. The first kappa shape index (κ1) is 10.5. The molecule has 0 amide bonds. The molecule has 0 aliphatic rings. The third kappa shape index (κ3) is 3.42. The lowest BCUT2D eigenvalue weighted by Gasteiger charge is -2.07. The second kappa shape index (κ2) is 4.08. The van der Waals surface area contributed by atoms with Gasteiger partial charge in [0.1, 0.15) is 0 Å². The number of carbonyl (C=O) groups excluding carboxylic acids is 1. The maximum Gasteiger partial charge on any atom is 0.422 e. The molecule has 1 aromatic rings. The molecular formula is C8H6F3NO2. The van der Waals surface area contributed by atoms with Crippen LogP contribution in [0.3, 0.4) is 0 Å². The number of aldehydes is 1. The molecule has 0 atom stereocenters. The summed E-state index contributed by atoms with van der Waals surface area (Å²) >= 11 is 0. The number of hydrogen-bond donors (Lipinski definition) is 0. The van der Waals surface area contributed by atoms with Crippen LogP contribution in [0.25, 0.3) is 0 Å². The normalized spacial score (nSPS) is 11.1. The number of halogens is 3. The Balaban J connectivity index is 2.56. The number of aromatic nitrogens is 1. The highest BCUT2D eigenvalue weighted by atomic mass is 19.4. The van der Waals surface area contributed by atoms with E-state index in [9.17, 15) is 18.0 Å². The zero-order valence-corrected chi connectivity index (χ0v) is 6.91. The molecule has 1 rings (SSSR count). The number of pyridine rings is 1. The summed E-state index contributed by atoms with van der Waals surface area (Å²) in [5, 5.41) is 0. The summed E-state index contributed by atoms with van der Waals surface area (Å²) in [4.78, 5) is 13.7. The lowest BCUT2D eigenvalue weighted by atomic mass is 10.3. The molecule has 0 aliphatic heterocycles. The molecule has 14 heavy (non-hydrogen) atoms. The smallest absolute Gasteiger partial charge is 0.422 e. The third-order valence-corrected chi connectivity index (χ3v) is 1.28. The Morgan fingerprint density at radius 2 is 2.14 bits per heavy atom. The molecule has 3 nitrogen and oxygen atoms in total. The van der Waals surface area contributed by atoms with E-state index < -0.39 is 12.8 Å². The van der Waals surface area contributed by atoms with E-state index >= 15 is 0 Å². The Kier molecular flexibility index (Phi) is 3.06. The molecule has 6 heteroatoms. The fourth-order valence-electron chi connectivity index (χ4n) is 0.703. The average molecular weight is 205 g/mol. The molecule has 0 aromatic carbocycles. The molecular weight excluding hydrogens is 199 g/mol. The van der Waals surface area contributed by atoms with Gasteiger partial charge in [-0.2, -0.15) is 13.2 Å². The summed E-state index contributed by atoms with van der Waals surface area (Å²) in [6.07, 6.45) is -2.70. The fourth-order valence-corrected chi connectivity index (χ4v) is 0.703. The third-order valence-electron chi connectivity index (χ3n) is 1.28. The Morgan fingerprint density at radius 1 is 1.43 bits per heavy atom. The van der Waals surface area contributed by atoms with Gasteiger partial charge in [0.15, 0.2) is 12.9 Å². The van der Waals surface area contributed by atoms with Crippen molar-refractivity contribution < 1.29 is 22.7 Å². The predicted molar refractivity (Wildman–Crippen MR) is 41.2 cm³/mol. The lowest BCUT2D eigenvalue weighted by molar-refractivity contribution is -0.154. The number of carbonyl (C=O) groups is 1. The molecule has 1 aromatic heterocycles. The Labute approximate surface area is 77.5 Å². The van der Waals surface area contributed by atoms with Gasteiger partial charge in [0.25, 0.3) is 0 Å². The minimum atomic E-state index is -4.38. The van der Waals surface area contributed by atoms with Crippen LogP contribution in [-0.2, 0) is 0 Å². The van der Waals surface area contributed by atoms with E-state index in [0.717, 1.165) is 6.20 Å². The van der Waals surface area contributed by atoms with Crippen molar-refractivity contribution in [1.29, 1.82) is 0 Å². The van der Waals surface area contributed by atoms with E-state index in [1.54, 1.807) is 0 Å². The standard InChI is InChI=1S/C8H6F3NO2/c9-8(10,11)5-14-7-2-1-6(4-13)3-12-7/h1-4H,5H2. The van der Waals surface area contributed by atoms with Gasteiger partial charge in [-0.15, -0.1) is 0 Å². The van der Waals surface area contributed by atoms with Crippen molar-refractivity contribution in [2.75, 3.05) is 6.61 Å².